The van der Waals surface area contributed by atoms with Gasteiger partial charge >= 0.3 is 5.97 Å². The summed E-state index contributed by atoms with van der Waals surface area (Å²) in [5, 5.41) is 22.7. The number of unbranched alkanes of at least 4 members (excludes halogenated alkanes) is 2. The van der Waals surface area contributed by atoms with E-state index in [9.17, 15) is 9.59 Å². The fourth-order valence-corrected chi connectivity index (χ4v) is 1.90. The molecule has 0 bridgehead atoms. The summed E-state index contributed by atoms with van der Waals surface area (Å²) in [5.74, 6) is -1.29. The van der Waals surface area contributed by atoms with Crippen LogP contribution in [0.5, 0.6) is 0 Å². The Morgan fingerprint density at radius 3 is 2.48 bits per heavy atom. The van der Waals surface area contributed by atoms with Gasteiger partial charge in [-0.25, -0.2) is 4.79 Å². The number of nitrogens with two attached hydrogens (primary N) is 1. The van der Waals surface area contributed by atoms with E-state index >= 15 is 0 Å². The second-order valence-corrected chi connectivity index (χ2v) is 5.38. The van der Waals surface area contributed by atoms with E-state index in [1.54, 1.807) is 42.5 Å². The number of nitrogens with one attached hydrogen (secondary N) is 2. The summed E-state index contributed by atoms with van der Waals surface area (Å²) in [6.07, 6.45) is 3.64. The van der Waals surface area contributed by atoms with Crippen LogP contribution >= 0.6 is 0 Å². The van der Waals surface area contributed by atoms with Gasteiger partial charge in [0.15, 0.2) is 5.70 Å². The van der Waals surface area contributed by atoms with Crippen molar-refractivity contribution in [1.82, 2.24) is 10.6 Å². The van der Waals surface area contributed by atoms with Gasteiger partial charge in [0.1, 0.15) is 23.5 Å². The molecule has 0 aliphatic carbocycles. The molecule has 140 valence electrons. The molecule has 4 N–H and O–H groups in total. The fourth-order valence-electron chi connectivity index (χ4n) is 1.90. The highest BCUT2D eigenvalue weighted by molar-refractivity contribution is 6.01. The number of esters is 1. The van der Waals surface area contributed by atoms with Crippen LogP contribution in [-0.2, 0) is 9.53 Å². The standard InChI is InChI=1S/C19H21N5O3/c1-2-3-7-10-27-19(26)17(13-23-16(12-21)15(22)11-20)24-18(25)14-8-5-4-6-9-14/h4-6,8-9,13,23H,2-3,7,10,22H2,1H3,(H,24,25)/b16-15-,17-13+. The van der Waals surface area contributed by atoms with E-state index in [1.807, 2.05) is 6.92 Å². The van der Waals surface area contributed by atoms with Crippen molar-refractivity contribution >= 4 is 11.9 Å². The maximum Gasteiger partial charge on any atom is 0.356 e. The van der Waals surface area contributed by atoms with Crippen molar-refractivity contribution in [2.24, 2.45) is 5.73 Å². The fraction of sp³-hybridized carbons (Fsp3) is 0.263. The predicted molar refractivity (Wildman–Crippen MR) is 98.1 cm³/mol. The van der Waals surface area contributed by atoms with Gasteiger partial charge in [-0.2, -0.15) is 10.5 Å². The SMILES string of the molecule is CCCCCOC(=O)/C(=C\N/C(C#N)=C(\N)C#N)NC(=O)c1ccccc1. The third-order valence-corrected chi connectivity index (χ3v) is 3.35. The molecule has 0 radical (unpaired) electrons. The average molecular weight is 367 g/mol. The Morgan fingerprint density at radius 2 is 1.89 bits per heavy atom. The monoisotopic (exact) mass is 367 g/mol. The number of hydrogen-bond donors (Lipinski definition) is 3. The summed E-state index contributed by atoms with van der Waals surface area (Å²) < 4.78 is 5.14. The Morgan fingerprint density at radius 1 is 1.19 bits per heavy atom. The van der Waals surface area contributed by atoms with Crippen LogP contribution in [0.4, 0.5) is 0 Å². The van der Waals surface area contributed by atoms with Crippen molar-refractivity contribution < 1.29 is 14.3 Å². The molecule has 1 rings (SSSR count). The summed E-state index contributed by atoms with van der Waals surface area (Å²) in [6.45, 7) is 2.22. The molecule has 0 fully saturated rings. The molecule has 0 saturated carbocycles. The van der Waals surface area contributed by atoms with Crippen LogP contribution in [0, 0.1) is 22.7 Å². The smallest absolute Gasteiger partial charge is 0.356 e. The van der Waals surface area contributed by atoms with E-state index in [1.165, 1.54) is 0 Å². The number of amides is 1. The lowest BCUT2D eigenvalue weighted by molar-refractivity contribution is -0.139. The van der Waals surface area contributed by atoms with Gasteiger partial charge in [-0.05, 0) is 18.6 Å². The van der Waals surface area contributed by atoms with Gasteiger partial charge in [-0.3, -0.25) is 4.79 Å². The highest BCUT2D eigenvalue weighted by Crippen LogP contribution is 2.03. The van der Waals surface area contributed by atoms with Gasteiger partial charge in [0.25, 0.3) is 5.91 Å². The number of nitriles is 2. The van der Waals surface area contributed by atoms with Gasteiger partial charge in [-0.15, -0.1) is 0 Å². The van der Waals surface area contributed by atoms with E-state index in [4.69, 9.17) is 21.0 Å². The van der Waals surface area contributed by atoms with Gasteiger partial charge in [0.2, 0.25) is 0 Å². The average Bonchev–Trinajstić information content (AvgIpc) is 2.70. The predicted octanol–water partition coefficient (Wildman–Crippen LogP) is 1.80. The molecule has 8 nitrogen and oxygen atoms in total. The van der Waals surface area contributed by atoms with E-state index in [2.05, 4.69) is 10.6 Å². The Labute approximate surface area is 157 Å². The maximum absolute atomic E-state index is 12.3. The van der Waals surface area contributed by atoms with Crippen molar-refractivity contribution in [3.8, 4) is 12.1 Å². The first-order valence-electron chi connectivity index (χ1n) is 8.33. The molecule has 8 heteroatoms. The van der Waals surface area contributed by atoms with E-state index < -0.39 is 11.9 Å². The lowest BCUT2D eigenvalue weighted by atomic mass is 10.2. The lowest BCUT2D eigenvalue weighted by Crippen LogP contribution is -2.30. The second kappa shape index (κ2) is 11.7. The minimum Gasteiger partial charge on any atom is -0.461 e. The first-order valence-corrected chi connectivity index (χ1v) is 8.33. The zero-order valence-corrected chi connectivity index (χ0v) is 15.0. The molecule has 0 heterocycles. The number of benzene rings is 1. The van der Waals surface area contributed by atoms with Crippen molar-refractivity contribution in [3.05, 3.63) is 59.2 Å². The summed E-state index contributed by atoms with van der Waals surface area (Å²) >= 11 is 0. The third-order valence-electron chi connectivity index (χ3n) is 3.35. The lowest BCUT2D eigenvalue weighted by Gasteiger charge is -2.11. The topological polar surface area (TPSA) is 141 Å². The summed E-state index contributed by atoms with van der Waals surface area (Å²) in [6, 6.07) is 11.6. The molecule has 0 aromatic heterocycles. The molecular formula is C19H21N5O3. The van der Waals surface area contributed by atoms with Gasteiger partial charge in [0, 0.05) is 11.8 Å². The molecule has 1 amide bonds. The number of allylic oxidation sites excluding steroid dienone is 2. The van der Waals surface area contributed by atoms with Crippen molar-refractivity contribution in [3.63, 3.8) is 0 Å². The molecule has 1 aromatic carbocycles. The van der Waals surface area contributed by atoms with Crippen LogP contribution in [-0.4, -0.2) is 18.5 Å². The molecule has 0 aliphatic rings. The first-order chi connectivity index (χ1) is 13.0. The molecule has 0 aliphatic heterocycles. The summed E-state index contributed by atoms with van der Waals surface area (Å²) in [5.41, 5.74) is 4.93. The molecule has 0 saturated heterocycles. The first kappa shape index (κ1) is 21.3. The van der Waals surface area contributed by atoms with E-state index in [0.717, 1.165) is 19.0 Å². The quantitative estimate of drug-likeness (QED) is 0.261. The minimum atomic E-state index is -0.768. The van der Waals surface area contributed by atoms with Crippen LogP contribution < -0.4 is 16.4 Å². The Kier molecular flexibility index (Phi) is 9.23. The third kappa shape index (κ3) is 7.32. The van der Waals surface area contributed by atoms with Crippen molar-refractivity contribution in [2.45, 2.75) is 26.2 Å². The molecule has 0 unspecified atom stereocenters. The Hall–Kier alpha value is -3.78. The van der Waals surface area contributed by atoms with E-state index in [-0.39, 0.29) is 23.7 Å². The molecule has 0 atom stereocenters. The summed E-state index contributed by atoms with van der Waals surface area (Å²) in [7, 11) is 0. The number of nitrogens with zero attached hydrogens (tertiary/aromatic N) is 2. The molecular weight excluding hydrogens is 346 g/mol. The zero-order valence-electron chi connectivity index (χ0n) is 15.0. The normalized spacial score (nSPS) is 11.4. The highest BCUT2D eigenvalue weighted by Gasteiger charge is 2.16. The van der Waals surface area contributed by atoms with Gasteiger partial charge in [-0.1, -0.05) is 38.0 Å². The number of ether oxygens (including phenoxy) is 1. The largest absolute Gasteiger partial charge is 0.461 e. The number of carbonyl (C=O) groups is 2. The van der Waals surface area contributed by atoms with E-state index in [0.29, 0.717) is 12.0 Å². The van der Waals surface area contributed by atoms with Gasteiger partial charge in [0.05, 0.1) is 6.61 Å². The second-order valence-electron chi connectivity index (χ2n) is 5.38. The van der Waals surface area contributed by atoms with Crippen LogP contribution in [0.1, 0.15) is 36.5 Å². The van der Waals surface area contributed by atoms with Crippen LogP contribution in [0.15, 0.2) is 53.6 Å². The minimum absolute atomic E-state index is 0.201. The molecule has 0 spiro atoms. The number of hydrogen-bond acceptors (Lipinski definition) is 7. The van der Waals surface area contributed by atoms with Crippen molar-refractivity contribution in [2.75, 3.05) is 6.61 Å². The zero-order chi connectivity index (χ0) is 20.1. The van der Waals surface area contributed by atoms with Crippen LogP contribution in [0.3, 0.4) is 0 Å². The van der Waals surface area contributed by atoms with Crippen LogP contribution in [0.25, 0.3) is 0 Å². The maximum atomic E-state index is 12.3. The Balaban J connectivity index is 2.96. The van der Waals surface area contributed by atoms with Crippen molar-refractivity contribution in [1.29, 1.82) is 10.5 Å². The number of rotatable bonds is 9. The summed E-state index contributed by atoms with van der Waals surface area (Å²) in [4.78, 5) is 24.6. The van der Waals surface area contributed by atoms with Gasteiger partial charge < -0.3 is 21.1 Å². The highest BCUT2D eigenvalue weighted by atomic mass is 16.5. The molecule has 27 heavy (non-hydrogen) atoms. The Bertz CT molecular complexity index is 801. The number of carbonyl (C=O) groups excluding carboxylic acids is 2. The molecule has 1 aromatic rings. The van der Waals surface area contributed by atoms with Crippen LogP contribution in [0.2, 0.25) is 0 Å².